The van der Waals surface area contributed by atoms with Crippen molar-refractivity contribution >= 4 is 23.2 Å². The third-order valence-corrected chi connectivity index (χ3v) is 4.27. The quantitative estimate of drug-likeness (QED) is 0.756. The van der Waals surface area contributed by atoms with Crippen LogP contribution in [0.4, 0.5) is 5.69 Å². The third kappa shape index (κ3) is 3.89. The fourth-order valence-electron chi connectivity index (χ4n) is 2.62. The van der Waals surface area contributed by atoms with Gasteiger partial charge in [0.1, 0.15) is 0 Å². The number of nitrogens with zero attached hydrogens (tertiary/aromatic N) is 1. The Morgan fingerprint density at radius 3 is 2.36 bits per heavy atom. The van der Waals surface area contributed by atoms with Gasteiger partial charge in [-0.2, -0.15) is 0 Å². The van der Waals surface area contributed by atoms with Gasteiger partial charge in [-0.25, -0.2) is 0 Å². The van der Waals surface area contributed by atoms with Gasteiger partial charge in [0.15, 0.2) is 0 Å². The lowest BCUT2D eigenvalue weighted by Gasteiger charge is -2.23. The normalized spacial score (nSPS) is 13.9. The number of aryl methyl sites for hydroxylation is 1. The van der Waals surface area contributed by atoms with Crippen molar-refractivity contribution in [3.05, 3.63) is 65.2 Å². The summed E-state index contributed by atoms with van der Waals surface area (Å²) in [4.78, 5) is 14.5. The molecule has 0 N–H and O–H groups in total. The lowest BCUT2D eigenvalue weighted by atomic mass is 10.1. The van der Waals surface area contributed by atoms with Crippen molar-refractivity contribution in [3.63, 3.8) is 0 Å². The second-order valence-electron chi connectivity index (χ2n) is 5.83. The van der Waals surface area contributed by atoms with Crippen molar-refractivity contribution in [2.45, 2.75) is 25.7 Å². The Hall–Kier alpha value is -1.80. The molecule has 0 aliphatic heterocycles. The number of anilines is 1. The Morgan fingerprint density at radius 1 is 1.05 bits per heavy atom. The van der Waals surface area contributed by atoms with E-state index in [1.807, 2.05) is 35.2 Å². The minimum absolute atomic E-state index is 0.229. The van der Waals surface area contributed by atoms with Crippen molar-refractivity contribution in [2.24, 2.45) is 5.92 Å². The summed E-state index contributed by atoms with van der Waals surface area (Å²) in [5.41, 5.74) is 2.27. The van der Waals surface area contributed by atoms with Gasteiger partial charge in [-0.15, -0.1) is 0 Å². The van der Waals surface area contributed by atoms with Gasteiger partial charge in [0.05, 0.1) is 0 Å². The maximum absolute atomic E-state index is 12.5. The lowest BCUT2D eigenvalue weighted by molar-refractivity contribution is -0.119. The zero-order chi connectivity index (χ0) is 15.4. The zero-order valence-electron chi connectivity index (χ0n) is 12.5. The predicted molar refractivity (Wildman–Crippen MR) is 91.3 cm³/mol. The van der Waals surface area contributed by atoms with Crippen LogP contribution in [0.1, 0.15) is 24.8 Å². The van der Waals surface area contributed by atoms with Crippen LogP contribution in [-0.2, 0) is 11.2 Å². The van der Waals surface area contributed by atoms with E-state index in [1.54, 1.807) is 0 Å². The molecule has 0 radical (unpaired) electrons. The van der Waals surface area contributed by atoms with Gasteiger partial charge >= 0.3 is 0 Å². The number of benzene rings is 2. The van der Waals surface area contributed by atoms with E-state index < -0.39 is 0 Å². The van der Waals surface area contributed by atoms with Crippen LogP contribution in [0.5, 0.6) is 0 Å². The first-order valence-electron chi connectivity index (χ1n) is 7.85. The first kappa shape index (κ1) is 15.1. The maximum atomic E-state index is 12.5. The van der Waals surface area contributed by atoms with Gasteiger partial charge in [-0.1, -0.05) is 41.9 Å². The van der Waals surface area contributed by atoms with E-state index in [0.717, 1.165) is 37.9 Å². The summed E-state index contributed by atoms with van der Waals surface area (Å²) < 4.78 is 0. The van der Waals surface area contributed by atoms with Gasteiger partial charge in [0.2, 0.25) is 5.91 Å². The van der Waals surface area contributed by atoms with Gasteiger partial charge in [0, 0.05) is 23.2 Å². The van der Waals surface area contributed by atoms with E-state index in [2.05, 4.69) is 24.3 Å². The van der Waals surface area contributed by atoms with Crippen LogP contribution in [0, 0.1) is 5.92 Å². The summed E-state index contributed by atoms with van der Waals surface area (Å²) in [7, 11) is 0. The maximum Gasteiger partial charge on any atom is 0.230 e. The van der Waals surface area contributed by atoms with E-state index >= 15 is 0 Å². The number of hydrogen-bond donors (Lipinski definition) is 0. The number of rotatable bonds is 6. The minimum atomic E-state index is 0.229. The molecule has 22 heavy (non-hydrogen) atoms. The van der Waals surface area contributed by atoms with E-state index in [4.69, 9.17) is 11.6 Å². The van der Waals surface area contributed by atoms with Crippen LogP contribution in [0.15, 0.2) is 54.6 Å². The Bertz CT molecular complexity index is 620. The Morgan fingerprint density at radius 2 is 1.73 bits per heavy atom. The number of hydrogen-bond acceptors (Lipinski definition) is 1. The zero-order valence-corrected chi connectivity index (χ0v) is 13.3. The SMILES string of the molecule is O=C(C1CC1)N(CCCc1ccccc1)c1ccc(Cl)cc1. The summed E-state index contributed by atoms with van der Waals surface area (Å²) in [6.45, 7) is 0.756. The van der Waals surface area contributed by atoms with Crippen molar-refractivity contribution in [3.8, 4) is 0 Å². The van der Waals surface area contributed by atoms with Crippen LogP contribution < -0.4 is 4.90 Å². The molecule has 3 heteroatoms. The van der Waals surface area contributed by atoms with Crippen LogP contribution in [0.2, 0.25) is 5.02 Å². The van der Waals surface area contributed by atoms with Gasteiger partial charge < -0.3 is 4.90 Å². The molecule has 1 saturated carbocycles. The minimum Gasteiger partial charge on any atom is -0.312 e. The van der Waals surface area contributed by atoms with E-state index in [9.17, 15) is 4.79 Å². The summed E-state index contributed by atoms with van der Waals surface area (Å²) in [6.07, 6.45) is 4.01. The highest BCUT2D eigenvalue weighted by Gasteiger charge is 2.33. The number of halogens is 1. The molecule has 0 aromatic heterocycles. The molecule has 0 unspecified atom stereocenters. The molecule has 1 fully saturated rings. The molecule has 0 bridgehead atoms. The predicted octanol–water partition coefficient (Wildman–Crippen LogP) is 4.72. The summed E-state index contributed by atoms with van der Waals surface area (Å²) >= 11 is 5.95. The third-order valence-electron chi connectivity index (χ3n) is 4.02. The molecular weight excluding hydrogens is 294 g/mol. The van der Waals surface area contributed by atoms with Gasteiger partial charge in [-0.3, -0.25) is 4.79 Å². The molecule has 0 saturated heterocycles. The Balaban J connectivity index is 1.66. The fraction of sp³-hybridized carbons (Fsp3) is 0.316. The average Bonchev–Trinajstić information content (AvgIpc) is 3.38. The van der Waals surface area contributed by atoms with Crippen LogP contribution >= 0.6 is 11.6 Å². The van der Waals surface area contributed by atoms with E-state index in [0.29, 0.717) is 5.02 Å². The van der Waals surface area contributed by atoms with Gasteiger partial charge in [0.25, 0.3) is 0 Å². The first-order chi connectivity index (χ1) is 10.7. The molecule has 2 nitrogen and oxygen atoms in total. The molecule has 0 spiro atoms. The van der Waals surface area contributed by atoms with Gasteiger partial charge in [-0.05, 0) is 55.5 Å². The highest BCUT2D eigenvalue weighted by Crippen LogP contribution is 2.33. The van der Waals surface area contributed by atoms with Crippen LogP contribution in [0.3, 0.4) is 0 Å². The summed E-state index contributed by atoms with van der Waals surface area (Å²) in [5.74, 6) is 0.489. The molecule has 1 aliphatic rings. The highest BCUT2D eigenvalue weighted by molar-refractivity contribution is 6.30. The molecular formula is C19H20ClNO. The van der Waals surface area contributed by atoms with Crippen molar-refractivity contribution in [2.75, 3.05) is 11.4 Å². The summed E-state index contributed by atoms with van der Waals surface area (Å²) in [6, 6.07) is 18.0. The molecule has 0 atom stereocenters. The molecule has 3 rings (SSSR count). The number of amides is 1. The first-order valence-corrected chi connectivity index (χ1v) is 8.23. The van der Waals surface area contributed by atoms with Crippen LogP contribution in [-0.4, -0.2) is 12.5 Å². The fourth-order valence-corrected chi connectivity index (χ4v) is 2.75. The molecule has 114 valence electrons. The van der Waals surface area contributed by atoms with Crippen molar-refractivity contribution < 1.29 is 4.79 Å². The molecule has 2 aromatic rings. The second-order valence-corrected chi connectivity index (χ2v) is 6.27. The average molecular weight is 314 g/mol. The van der Waals surface area contributed by atoms with Crippen molar-refractivity contribution in [1.82, 2.24) is 0 Å². The molecule has 2 aromatic carbocycles. The standard InChI is InChI=1S/C19H20ClNO/c20-17-10-12-18(13-11-17)21(19(22)16-8-9-16)14-4-7-15-5-2-1-3-6-15/h1-3,5-6,10-13,16H,4,7-9,14H2. The molecule has 0 heterocycles. The molecule has 1 aliphatic carbocycles. The number of carbonyl (C=O) groups excluding carboxylic acids is 1. The summed E-state index contributed by atoms with van der Waals surface area (Å²) in [5, 5.41) is 0.701. The monoisotopic (exact) mass is 313 g/mol. The van der Waals surface area contributed by atoms with Crippen molar-refractivity contribution in [1.29, 1.82) is 0 Å². The van der Waals surface area contributed by atoms with E-state index in [1.165, 1.54) is 5.56 Å². The Labute approximate surface area is 136 Å². The topological polar surface area (TPSA) is 20.3 Å². The largest absolute Gasteiger partial charge is 0.312 e. The second kappa shape index (κ2) is 6.97. The van der Waals surface area contributed by atoms with Crippen LogP contribution in [0.25, 0.3) is 0 Å². The molecule has 1 amide bonds. The number of carbonyl (C=O) groups is 1. The Kier molecular flexibility index (Phi) is 4.79. The smallest absolute Gasteiger partial charge is 0.230 e. The lowest BCUT2D eigenvalue weighted by Crippen LogP contribution is -2.33. The van der Waals surface area contributed by atoms with E-state index in [-0.39, 0.29) is 11.8 Å². The highest BCUT2D eigenvalue weighted by atomic mass is 35.5.